The maximum Gasteiger partial charge on any atom is 0.268 e. The van der Waals surface area contributed by atoms with Crippen molar-refractivity contribution in [1.29, 1.82) is 0 Å². The summed E-state index contributed by atoms with van der Waals surface area (Å²) in [6, 6.07) is 8.98. The molecule has 0 atom stereocenters. The summed E-state index contributed by atoms with van der Waals surface area (Å²) >= 11 is 12.0. The van der Waals surface area contributed by atoms with E-state index in [1.807, 2.05) is 0 Å². The standard InChI is InChI=1S/C18H20Cl2N2O5S/c1-12-3-6-16(27-2)17(9-12)28(25,26)22(11-18(24)21-7-8-23)13-4-5-14(19)15(20)10-13/h3-6,9-10,23H,7-8,11H2,1-2H3,(H,21,24). The molecule has 0 bridgehead atoms. The number of hydrogen-bond acceptors (Lipinski definition) is 5. The van der Waals surface area contributed by atoms with Crippen LogP contribution in [0.4, 0.5) is 5.69 Å². The zero-order valence-electron chi connectivity index (χ0n) is 15.3. The molecule has 0 saturated carbocycles. The molecule has 10 heteroatoms. The minimum Gasteiger partial charge on any atom is -0.495 e. The average molecular weight is 447 g/mol. The predicted molar refractivity (Wildman–Crippen MR) is 109 cm³/mol. The van der Waals surface area contributed by atoms with Gasteiger partial charge in [0.25, 0.3) is 10.0 Å². The van der Waals surface area contributed by atoms with Gasteiger partial charge in [0, 0.05) is 6.54 Å². The van der Waals surface area contributed by atoms with Crippen LogP contribution in [-0.4, -0.2) is 46.2 Å². The van der Waals surface area contributed by atoms with E-state index in [9.17, 15) is 13.2 Å². The molecule has 0 spiro atoms. The van der Waals surface area contributed by atoms with E-state index >= 15 is 0 Å². The Morgan fingerprint density at radius 2 is 1.89 bits per heavy atom. The van der Waals surface area contributed by atoms with Crippen LogP contribution in [0.25, 0.3) is 0 Å². The molecule has 2 rings (SSSR count). The van der Waals surface area contributed by atoms with E-state index in [4.69, 9.17) is 33.0 Å². The molecule has 2 N–H and O–H groups in total. The summed E-state index contributed by atoms with van der Waals surface area (Å²) in [5, 5.41) is 11.7. The molecule has 0 unspecified atom stereocenters. The number of hydrogen-bond donors (Lipinski definition) is 2. The molecule has 0 saturated heterocycles. The maximum atomic E-state index is 13.4. The Bertz CT molecular complexity index is 966. The molecule has 0 aliphatic carbocycles. The fourth-order valence-electron chi connectivity index (χ4n) is 2.44. The van der Waals surface area contributed by atoms with E-state index in [0.29, 0.717) is 5.56 Å². The van der Waals surface area contributed by atoms with Crippen LogP contribution >= 0.6 is 23.2 Å². The van der Waals surface area contributed by atoms with Crippen molar-refractivity contribution in [1.82, 2.24) is 5.32 Å². The molecule has 0 fully saturated rings. The Morgan fingerprint density at radius 3 is 2.50 bits per heavy atom. The van der Waals surface area contributed by atoms with Crippen molar-refractivity contribution >= 4 is 44.8 Å². The Kier molecular flexibility index (Phi) is 7.54. The van der Waals surface area contributed by atoms with Gasteiger partial charge in [0.2, 0.25) is 5.91 Å². The lowest BCUT2D eigenvalue weighted by molar-refractivity contribution is -0.119. The van der Waals surface area contributed by atoms with E-state index in [1.165, 1.54) is 31.4 Å². The molecule has 7 nitrogen and oxygen atoms in total. The second-order valence-corrected chi connectivity index (χ2v) is 8.48. The first-order chi connectivity index (χ1) is 13.2. The predicted octanol–water partition coefficient (Wildman–Crippen LogP) is 2.61. The lowest BCUT2D eigenvalue weighted by Gasteiger charge is -2.25. The highest BCUT2D eigenvalue weighted by atomic mass is 35.5. The molecule has 28 heavy (non-hydrogen) atoms. The molecule has 2 aromatic rings. The first-order valence-corrected chi connectivity index (χ1v) is 10.4. The molecular weight excluding hydrogens is 427 g/mol. The van der Waals surface area contributed by atoms with Crippen LogP contribution in [0.2, 0.25) is 10.0 Å². The molecular formula is C18H20Cl2N2O5S. The van der Waals surface area contributed by atoms with Gasteiger partial charge in [0.15, 0.2) is 0 Å². The quantitative estimate of drug-likeness (QED) is 0.649. The third kappa shape index (κ3) is 5.08. The van der Waals surface area contributed by atoms with Gasteiger partial charge in [-0.1, -0.05) is 29.3 Å². The number of amides is 1. The van der Waals surface area contributed by atoms with E-state index in [-0.39, 0.29) is 39.5 Å². The third-order valence-electron chi connectivity index (χ3n) is 3.80. The molecule has 152 valence electrons. The Morgan fingerprint density at radius 1 is 1.18 bits per heavy atom. The number of carbonyl (C=O) groups excluding carboxylic acids is 1. The number of nitrogens with zero attached hydrogens (tertiary/aromatic N) is 1. The molecule has 0 aliphatic heterocycles. The highest BCUT2D eigenvalue weighted by Gasteiger charge is 2.30. The summed E-state index contributed by atoms with van der Waals surface area (Å²) in [7, 11) is -2.82. The van der Waals surface area contributed by atoms with Crippen molar-refractivity contribution in [2.45, 2.75) is 11.8 Å². The van der Waals surface area contributed by atoms with E-state index < -0.39 is 22.5 Å². The van der Waals surface area contributed by atoms with Crippen molar-refractivity contribution in [3.05, 3.63) is 52.0 Å². The third-order valence-corrected chi connectivity index (χ3v) is 6.33. The lowest BCUT2D eigenvalue weighted by atomic mass is 10.2. The highest BCUT2D eigenvalue weighted by Crippen LogP contribution is 2.33. The number of halogens is 2. The van der Waals surface area contributed by atoms with Crippen molar-refractivity contribution in [3.8, 4) is 5.75 Å². The SMILES string of the molecule is COc1ccc(C)cc1S(=O)(=O)N(CC(=O)NCCO)c1ccc(Cl)c(Cl)c1. The summed E-state index contributed by atoms with van der Waals surface area (Å²) < 4.78 is 32.9. The number of sulfonamides is 1. The molecule has 2 aromatic carbocycles. The fourth-order valence-corrected chi connectivity index (χ4v) is 4.39. The van der Waals surface area contributed by atoms with Crippen LogP contribution in [0.1, 0.15) is 5.56 Å². The van der Waals surface area contributed by atoms with Crippen LogP contribution in [0, 0.1) is 6.92 Å². The van der Waals surface area contributed by atoms with Gasteiger partial charge < -0.3 is 15.2 Å². The highest BCUT2D eigenvalue weighted by molar-refractivity contribution is 7.93. The van der Waals surface area contributed by atoms with Gasteiger partial charge >= 0.3 is 0 Å². The summed E-state index contributed by atoms with van der Waals surface area (Å²) in [6.45, 7) is 0.964. The number of aryl methyl sites for hydroxylation is 1. The largest absolute Gasteiger partial charge is 0.495 e. The van der Waals surface area contributed by atoms with Crippen molar-refractivity contribution in [3.63, 3.8) is 0 Å². The van der Waals surface area contributed by atoms with E-state index in [2.05, 4.69) is 5.32 Å². The van der Waals surface area contributed by atoms with Crippen LogP contribution in [0.3, 0.4) is 0 Å². The monoisotopic (exact) mass is 446 g/mol. The van der Waals surface area contributed by atoms with Crippen molar-refractivity contribution < 1.29 is 23.1 Å². The first-order valence-electron chi connectivity index (χ1n) is 8.20. The maximum absolute atomic E-state index is 13.4. The van der Waals surface area contributed by atoms with Crippen LogP contribution in [0.15, 0.2) is 41.3 Å². The Hall–Kier alpha value is -2.00. The molecule has 1 amide bonds. The minimum absolute atomic E-state index is 0.00185. The summed E-state index contributed by atoms with van der Waals surface area (Å²) in [4.78, 5) is 12.1. The zero-order chi connectivity index (χ0) is 20.9. The first kappa shape index (κ1) is 22.3. The van der Waals surface area contributed by atoms with Crippen LogP contribution < -0.4 is 14.4 Å². The lowest BCUT2D eigenvalue weighted by Crippen LogP contribution is -2.41. The second kappa shape index (κ2) is 9.47. The number of ether oxygens (including phenoxy) is 1. The van der Waals surface area contributed by atoms with Gasteiger partial charge in [-0.15, -0.1) is 0 Å². The second-order valence-electron chi connectivity index (χ2n) is 5.84. The molecule has 0 aliphatic rings. The smallest absolute Gasteiger partial charge is 0.268 e. The number of aliphatic hydroxyl groups is 1. The van der Waals surface area contributed by atoms with Gasteiger partial charge in [-0.25, -0.2) is 8.42 Å². The topological polar surface area (TPSA) is 95.9 Å². The number of carbonyl (C=O) groups is 1. The van der Waals surface area contributed by atoms with Crippen molar-refractivity contribution in [2.75, 3.05) is 31.1 Å². The zero-order valence-corrected chi connectivity index (χ0v) is 17.6. The number of nitrogens with one attached hydrogen (secondary N) is 1. The number of aliphatic hydroxyl groups excluding tert-OH is 1. The van der Waals surface area contributed by atoms with Gasteiger partial charge in [-0.3, -0.25) is 9.10 Å². The molecule has 0 aromatic heterocycles. The van der Waals surface area contributed by atoms with Gasteiger partial charge in [0.05, 0.1) is 29.4 Å². The average Bonchev–Trinajstić information content (AvgIpc) is 2.66. The Labute approximate surface area is 173 Å². The van der Waals surface area contributed by atoms with E-state index in [0.717, 1.165) is 4.31 Å². The number of methoxy groups -OCH3 is 1. The number of benzene rings is 2. The number of anilines is 1. The molecule has 0 heterocycles. The fraction of sp³-hybridized carbons (Fsp3) is 0.278. The van der Waals surface area contributed by atoms with Gasteiger partial charge in [0.1, 0.15) is 17.2 Å². The van der Waals surface area contributed by atoms with Crippen molar-refractivity contribution in [2.24, 2.45) is 0 Å². The normalized spacial score (nSPS) is 11.2. The summed E-state index contributed by atoms with van der Waals surface area (Å²) in [6.07, 6.45) is 0. The van der Waals surface area contributed by atoms with E-state index in [1.54, 1.807) is 19.1 Å². The Balaban J connectivity index is 2.58. The molecule has 0 radical (unpaired) electrons. The van der Waals surface area contributed by atoms with Crippen LogP contribution in [-0.2, 0) is 14.8 Å². The van der Waals surface area contributed by atoms with Gasteiger partial charge in [-0.2, -0.15) is 0 Å². The summed E-state index contributed by atoms with van der Waals surface area (Å²) in [5.74, 6) is -0.443. The minimum atomic E-state index is -4.19. The van der Waals surface area contributed by atoms with Crippen LogP contribution in [0.5, 0.6) is 5.75 Å². The van der Waals surface area contributed by atoms with Gasteiger partial charge in [-0.05, 0) is 42.8 Å². The summed E-state index contributed by atoms with van der Waals surface area (Å²) in [5.41, 5.74) is 0.871. The number of rotatable bonds is 8.